The number of amides is 1. The molecule has 0 saturated heterocycles. The lowest BCUT2D eigenvalue weighted by Crippen LogP contribution is -2.87. The topological polar surface area (TPSA) is 72.0 Å². The van der Waals surface area contributed by atoms with Crippen LogP contribution in [0.15, 0.2) is 66.7 Å². The molecule has 0 aliphatic carbocycles. The number of carbonyl (C=O) groups excluding carboxylic acids is 2. The maximum atomic E-state index is 13.2. The maximum absolute atomic E-state index is 13.2. The van der Waals surface area contributed by atoms with Crippen molar-refractivity contribution >= 4 is 28.2 Å². The molecule has 3 aromatic rings. The second-order valence-corrected chi connectivity index (χ2v) is 7.89. The van der Waals surface area contributed by atoms with Crippen LogP contribution in [0.3, 0.4) is 0 Å². The molecule has 1 aromatic heterocycles. The van der Waals surface area contributed by atoms with Crippen molar-refractivity contribution in [2.45, 2.75) is 26.3 Å². The molecule has 30 heavy (non-hydrogen) atoms. The highest BCUT2D eigenvalue weighted by Gasteiger charge is 2.27. The molecule has 0 saturated carbocycles. The first kappa shape index (κ1) is 21.7. The summed E-state index contributed by atoms with van der Waals surface area (Å²) in [6.07, 6.45) is 0.960. The molecule has 0 spiro atoms. The number of nitrogens with two attached hydrogens (primary N) is 1. The third kappa shape index (κ3) is 5.34. The lowest BCUT2D eigenvalue weighted by Gasteiger charge is -2.15. The standard InChI is InChI=1S/C24H26N2O3S/c1-3-15-25-21(18-13-9-6-10-14-18)22(27)26-23-19(24(28)29-4-2)16-20(30-23)17-11-7-5-8-12-17/h5-14,16,21,25H,3-4,15H2,1-2H3,(H,26,27)/p+1/t21-/m1/s1. The number of anilines is 1. The zero-order valence-electron chi connectivity index (χ0n) is 17.3. The minimum absolute atomic E-state index is 0.151. The summed E-state index contributed by atoms with van der Waals surface area (Å²) in [6, 6.07) is 20.9. The molecule has 0 unspecified atom stereocenters. The SMILES string of the molecule is CCC[NH2+][C@@H](C(=O)Nc1sc(-c2ccccc2)cc1C(=O)OCC)c1ccccc1. The highest BCUT2D eigenvalue weighted by atomic mass is 32.1. The lowest BCUT2D eigenvalue weighted by molar-refractivity contribution is -0.682. The molecular formula is C24H27N2O3S+. The van der Waals surface area contributed by atoms with Crippen LogP contribution in [0.4, 0.5) is 5.00 Å². The van der Waals surface area contributed by atoms with Crippen LogP contribution in [0, 0.1) is 0 Å². The number of rotatable bonds is 9. The normalized spacial score (nSPS) is 11.7. The van der Waals surface area contributed by atoms with E-state index in [1.54, 1.807) is 13.0 Å². The van der Waals surface area contributed by atoms with E-state index < -0.39 is 5.97 Å². The molecule has 0 fully saturated rings. The van der Waals surface area contributed by atoms with E-state index in [-0.39, 0.29) is 18.6 Å². The molecule has 2 aromatic carbocycles. The monoisotopic (exact) mass is 423 g/mol. The van der Waals surface area contributed by atoms with Gasteiger partial charge >= 0.3 is 5.97 Å². The summed E-state index contributed by atoms with van der Waals surface area (Å²) in [4.78, 5) is 26.6. The smallest absolute Gasteiger partial charge is 0.341 e. The Morgan fingerprint density at radius 3 is 2.33 bits per heavy atom. The van der Waals surface area contributed by atoms with E-state index in [0.29, 0.717) is 10.6 Å². The second-order valence-electron chi connectivity index (χ2n) is 6.84. The van der Waals surface area contributed by atoms with Crippen molar-refractivity contribution < 1.29 is 19.6 Å². The van der Waals surface area contributed by atoms with Crippen molar-refractivity contribution in [1.29, 1.82) is 0 Å². The Hall–Kier alpha value is -2.96. The van der Waals surface area contributed by atoms with Gasteiger partial charge in [0.05, 0.1) is 18.7 Å². The van der Waals surface area contributed by atoms with E-state index in [1.165, 1.54) is 11.3 Å². The van der Waals surface area contributed by atoms with E-state index in [1.807, 2.05) is 66.0 Å². The van der Waals surface area contributed by atoms with Gasteiger partial charge in [0, 0.05) is 10.4 Å². The molecule has 1 atom stereocenters. The van der Waals surface area contributed by atoms with Gasteiger partial charge in [-0.1, -0.05) is 67.6 Å². The van der Waals surface area contributed by atoms with Crippen LogP contribution in [0.5, 0.6) is 0 Å². The Labute approximate surface area is 181 Å². The summed E-state index contributed by atoms with van der Waals surface area (Å²) in [7, 11) is 0. The van der Waals surface area contributed by atoms with Crippen LogP contribution >= 0.6 is 11.3 Å². The summed E-state index contributed by atoms with van der Waals surface area (Å²) < 4.78 is 5.22. The third-order valence-corrected chi connectivity index (χ3v) is 5.75. The molecule has 0 aliphatic rings. The summed E-state index contributed by atoms with van der Waals surface area (Å²) >= 11 is 1.38. The molecular weight excluding hydrogens is 396 g/mol. The summed E-state index contributed by atoms with van der Waals surface area (Å²) in [5.41, 5.74) is 2.31. The molecule has 6 heteroatoms. The minimum atomic E-state index is -0.431. The summed E-state index contributed by atoms with van der Waals surface area (Å²) in [5.74, 6) is -0.582. The van der Waals surface area contributed by atoms with Crippen molar-refractivity contribution in [2.24, 2.45) is 0 Å². The van der Waals surface area contributed by atoms with E-state index in [2.05, 4.69) is 12.2 Å². The van der Waals surface area contributed by atoms with Crippen LogP contribution in [0.25, 0.3) is 10.4 Å². The first-order valence-corrected chi connectivity index (χ1v) is 11.0. The Morgan fingerprint density at radius 2 is 1.70 bits per heavy atom. The van der Waals surface area contributed by atoms with Gasteiger partial charge < -0.3 is 15.4 Å². The Kier molecular flexibility index (Phi) is 7.76. The molecule has 1 heterocycles. The predicted molar refractivity (Wildman–Crippen MR) is 121 cm³/mol. The first-order valence-electron chi connectivity index (χ1n) is 10.2. The number of nitrogens with one attached hydrogen (secondary N) is 1. The number of hydrogen-bond acceptors (Lipinski definition) is 4. The Morgan fingerprint density at radius 1 is 1.03 bits per heavy atom. The fourth-order valence-electron chi connectivity index (χ4n) is 3.17. The number of esters is 1. The Bertz CT molecular complexity index is 971. The van der Waals surface area contributed by atoms with E-state index in [9.17, 15) is 9.59 Å². The second kappa shape index (κ2) is 10.7. The van der Waals surface area contributed by atoms with Crippen LogP contribution in [0.1, 0.15) is 42.2 Å². The molecule has 0 radical (unpaired) electrons. The Balaban J connectivity index is 1.91. The molecule has 3 N–H and O–H groups in total. The highest BCUT2D eigenvalue weighted by molar-refractivity contribution is 7.20. The number of carbonyl (C=O) groups is 2. The van der Waals surface area contributed by atoms with Crippen molar-refractivity contribution in [2.75, 3.05) is 18.5 Å². The number of thiophene rings is 1. The molecule has 156 valence electrons. The van der Waals surface area contributed by atoms with E-state index >= 15 is 0 Å². The van der Waals surface area contributed by atoms with Gasteiger partial charge in [-0.3, -0.25) is 4.79 Å². The molecule has 0 bridgehead atoms. The van der Waals surface area contributed by atoms with Crippen LogP contribution in [-0.4, -0.2) is 25.0 Å². The molecule has 3 rings (SSSR count). The van der Waals surface area contributed by atoms with Gasteiger partial charge in [0.15, 0.2) is 6.04 Å². The van der Waals surface area contributed by atoms with Gasteiger partial charge in [0.25, 0.3) is 5.91 Å². The first-order chi connectivity index (χ1) is 14.6. The van der Waals surface area contributed by atoms with Crippen LogP contribution < -0.4 is 10.6 Å². The predicted octanol–water partition coefficient (Wildman–Crippen LogP) is 4.25. The van der Waals surface area contributed by atoms with Gasteiger partial charge in [0.1, 0.15) is 5.00 Å². The van der Waals surface area contributed by atoms with E-state index in [4.69, 9.17) is 4.74 Å². The molecule has 1 amide bonds. The van der Waals surface area contributed by atoms with Crippen molar-refractivity contribution in [3.05, 3.63) is 77.9 Å². The fourth-order valence-corrected chi connectivity index (χ4v) is 4.22. The summed E-state index contributed by atoms with van der Waals surface area (Å²) in [5, 5.41) is 5.54. The zero-order valence-corrected chi connectivity index (χ0v) is 18.1. The average molecular weight is 424 g/mol. The van der Waals surface area contributed by atoms with E-state index in [0.717, 1.165) is 29.0 Å². The molecule has 0 aliphatic heterocycles. The van der Waals surface area contributed by atoms with Gasteiger partial charge in [0.2, 0.25) is 0 Å². The van der Waals surface area contributed by atoms with Crippen molar-refractivity contribution in [3.8, 4) is 10.4 Å². The minimum Gasteiger partial charge on any atom is -0.462 e. The van der Waals surface area contributed by atoms with Gasteiger partial charge in [-0.15, -0.1) is 11.3 Å². The number of benzene rings is 2. The van der Waals surface area contributed by atoms with Crippen molar-refractivity contribution in [1.82, 2.24) is 0 Å². The van der Waals surface area contributed by atoms with Crippen molar-refractivity contribution in [3.63, 3.8) is 0 Å². The third-order valence-electron chi connectivity index (χ3n) is 4.65. The van der Waals surface area contributed by atoms with Gasteiger partial charge in [-0.05, 0) is 25.0 Å². The zero-order chi connectivity index (χ0) is 21.3. The maximum Gasteiger partial charge on any atom is 0.341 e. The quantitative estimate of drug-likeness (QED) is 0.506. The largest absolute Gasteiger partial charge is 0.462 e. The van der Waals surface area contributed by atoms with Gasteiger partial charge in [-0.25, -0.2) is 4.79 Å². The number of ether oxygens (including phenoxy) is 1. The highest BCUT2D eigenvalue weighted by Crippen LogP contribution is 2.36. The number of hydrogen-bond donors (Lipinski definition) is 2. The lowest BCUT2D eigenvalue weighted by atomic mass is 10.1. The van der Waals surface area contributed by atoms with Gasteiger partial charge in [-0.2, -0.15) is 0 Å². The van der Waals surface area contributed by atoms with Crippen LogP contribution in [0.2, 0.25) is 0 Å². The number of quaternary nitrogens is 1. The molecule has 5 nitrogen and oxygen atoms in total. The summed E-state index contributed by atoms with van der Waals surface area (Å²) in [6.45, 7) is 4.96. The van der Waals surface area contributed by atoms with Crippen LogP contribution in [-0.2, 0) is 9.53 Å². The average Bonchev–Trinajstić information content (AvgIpc) is 3.19. The fraction of sp³-hybridized carbons (Fsp3) is 0.250.